The highest BCUT2D eigenvalue weighted by Gasteiger charge is 2.24. The van der Waals surface area contributed by atoms with Crippen LogP contribution in [0.3, 0.4) is 0 Å². The van der Waals surface area contributed by atoms with Crippen LogP contribution in [0.15, 0.2) is 0 Å². The minimum absolute atomic E-state index is 0.0986. The molecule has 1 rings (SSSR count). The lowest BCUT2D eigenvalue weighted by Crippen LogP contribution is -2.42. The molecule has 3 heteroatoms. The van der Waals surface area contributed by atoms with E-state index in [1.54, 1.807) is 0 Å². The Balaban J connectivity index is 2.41. The van der Waals surface area contributed by atoms with Crippen molar-refractivity contribution in [3.8, 4) is 0 Å². The van der Waals surface area contributed by atoms with E-state index >= 15 is 0 Å². The second kappa shape index (κ2) is 5.29. The lowest BCUT2D eigenvalue weighted by molar-refractivity contribution is -0.135. The van der Waals surface area contributed by atoms with Gasteiger partial charge in [0.2, 0.25) is 5.91 Å². The fourth-order valence-electron chi connectivity index (χ4n) is 2.31. The molecular weight excluding hydrogens is 190 g/mol. The molecule has 3 nitrogen and oxygen atoms in total. The fourth-order valence-corrected chi connectivity index (χ4v) is 2.31. The van der Waals surface area contributed by atoms with E-state index in [1.165, 1.54) is 13.3 Å². The summed E-state index contributed by atoms with van der Waals surface area (Å²) in [5.74, 6) is 1.43. The highest BCUT2D eigenvalue weighted by atomic mass is 16.2. The zero-order valence-electron chi connectivity index (χ0n) is 9.95. The smallest absolute Gasteiger partial charge is 0.223 e. The van der Waals surface area contributed by atoms with Crippen molar-refractivity contribution in [1.29, 1.82) is 0 Å². The molecule has 15 heavy (non-hydrogen) atoms. The highest BCUT2D eigenvalue weighted by Crippen LogP contribution is 2.21. The Hall–Kier alpha value is -0.860. The number of hydrogen-bond donors (Lipinski definition) is 0. The first-order chi connectivity index (χ1) is 6.99. The van der Waals surface area contributed by atoms with Crippen LogP contribution in [0.2, 0.25) is 0 Å². The molecule has 2 unspecified atom stereocenters. The fraction of sp³-hybridized carbons (Fsp3) is 0.833. The van der Waals surface area contributed by atoms with Gasteiger partial charge in [-0.2, -0.15) is 0 Å². The van der Waals surface area contributed by atoms with Gasteiger partial charge in [-0.25, -0.2) is 0 Å². The van der Waals surface area contributed by atoms with Gasteiger partial charge in [-0.05, 0) is 25.2 Å². The van der Waals surface area contributed by atoms with Crippen molar-refractivity contribution >= 4 is 11.7 Å². The molecule has 0 aromatic heterocycles. The summed E-state index contributed by atoms with van der Waals surface area (Å²) in [6.07, 6.45) is 1.98. The zero-order valence-corrected chi connectivity index (χ0v) is 9.95. The van der Waals surface area contributed by atoms with Gasteiger partial charge in [-0.3, -0.25) is 4.79 Å². The molecule has 0 bridgehead atoms. The molecular formula is C12H21NO2. The molecule has 86 valence electrons. The van der Waals surface area contributed by atoms with E-state index in [4.69, 9.17) is 0 Å². The Morgan fingerprint density at radius 3 is 2.13 bits per heavy atom. The number of likely N-dealkylation sites (tertiary alicyclic amines) is 1. The van der Waals surface area contributed by atoms with Crippen molar-refractivity contribution in [2.24, 2.45) is 11.8 Å². The summed E-state index contributed by atoms with van der Waals surface area (Å²) in [4.78, 5) is 24.5. The second-order valence-electron chi connectivity index (χ2n) is 4.95. The molecule has 0 saturated carbocycles. The molecule has 0 aromatic rings. The Morgan fingerprint density at radius 1 is 1.13 bits per heavy atom. The van der Waals surface area contributed by atoms with Gasteiger partial charge in [-0.1, -0.05) is 13.8 Å². The molecule has 1 fully saturated rings. The average Bonchev–Trinajstić information content (AvgIpc) is 2.12. The summed E-state index contributed by atoms with van der Waals surface area (Å²) >= 11 is 0. The molecule has 1 amide bonds. The first-order valence-corrected chi connectivity index (χ1v) is 5.76. The quantitative estimate of drug-likeness (QED) is 0.714. The Morgan fingerprint density at radius 2 is 1.67 bits per heavy atom. The van der Waals surface area contributed by atoms with Crippen LogP contribution in [0.4, 0.5) is 0 Å². The summed E-state index contributed by atoms with van der Waals surface area (Å²) in [6, 6.07) is 0. The van der Waals surface area contributed by atoms with Crippen LogP contribution in [0, 0.1) is 11.8 Å². The van der Waals surface area contributed by atoms with Crippen molar-refractivity contribution in [3.63, 3.8) is 0 Å². The number of ketones is 1. The molecule has 1 saturated heterocycles. The lowest BCUT2D eigenvalue weighted by Gasteiger charge is -2.35. The maximum atomic E-state index is 11.8. The lowest BCUT2D eigenvalue weighted by atomic mass is 9.91. The van der Waals surface area contributed by atoms with Gasteiger partial charge in [0.15, 0.2) is 0 Å². The summed E-state index contributed by atoms with van der Waals surface area (Å²) in [5, 5.41) is 0. The van der Waals surface area contributed by atoms with E-state index < -0.39 is 0 Å². The van der Waals surface area contributed by atoms with Crippen LogP contribution in [-0.4, -0.2) is 29.7 Å². The van der Waals surface area contributed by atoms with E-state index in [0.717, 1.165) is 13.1 Å². The van der Waals surface area contributed by atoms with E-state index in [1.807, 2.05) is 4.90 Å². The van der Waals surface area contributed by atoms with E-state index in [9.17, 15) is 9.59 Å². The maximum Gasteiger partial charge on any atom is 0.223 e. The zero-order chi connectivity index (χ0) is 11.4. The Labute approximate surface area is 91.8 Å². The summed E-state index contributed by atoms with van der Waals surface area (Å²) in [5.41, 5.74) is 0. The van der Waals surface area contributed by atoms with E-state index in [-0.39, 0.29) is 11.7 Å². The number of rotatable bonds is 3. The van der Waals surface area contributed by atoms with Crippen LogP contribution < -0.4 is 0 Å². The van der Waals surface area contributed by atoms with Crippen molar-refractivity contribution in [1.82, 2.24) is 4.90 Å². The van der Waals surface area contributed by atoms with Crippen LogP contribution in [0.25, 0.3) is 0 Å². The van der Waals surface area contributed by atoms with Crippen LogP contribution in [-0.2, 0) is 9.59 Å². The molecule has 1 aliphatic rings. The topological polar surface area (TPSA) is 37.4 Å². The predicted octanol–water partition coefficient (Wildman–Crippen LogP) is 1.86. The first-order valence-electron chi connectivity index (χ1n) is 5.76. The van der Waals surface area contributed by atoms with Crippen molar-refractivity contribution in [2.75, 3.05) is 13.1 Å². The summed E-state index contributed by atoms with van der Waals surface area (Å²) < 4.78 is 0. The van der Waals surface area contributed by atoms with Crippen LogP contribution in [0.1, 0.15) is 40.0 Å². The number of hydrogen-bond acceptors (Lipinski definition) is 2. The van der Waals surface area contributed by atoms with Gasteiger partial charge in [-0.15, -0.1) is 0 Å². The summed E-state index contributed by atoms with van der Waals surface area (Å²) in [6.45, 7) is 7.62. The van der Waals surface area contributed by atoms with Gasteiger partial charge in [0.1, 0.15) is 5.78 Å². The number of piperidine rings is 1. The van der Waals surface area contributed by atoms with Crippen LogP contribution >= 0.6 is 0 Å². The Kier molecular flexibility index (Phi) is 4.30. The molecule has 0 spiro atoms. The second-order valence-corrected chi connectivity index (χ2v) is 4.95. The van der Waals surface area contributed by atoms with Gasteiger partial charge in [0.25, 0.3) is 0 Å². The van der Waals surface area contributed by atoms with Gasteiger partial charge < -0.3 is 9.69 Å². The van der Waals surface area contributed by atoms with E-state index in [2.05, 4.69) is 13.8 Å². The molecule has 0 aromatic carbocycles. The van der Waals surface area contributed by atoms with Crippen LogP contribution in [0.5, 0.6) is 0 Å². The monoisotopic (exact) mass is 211 g/mol. The van der Waals surface area contributed by atoms with Crippen molar-refractivity contribution < 1.29 is 9.59 Å². The number of carbonyl (C=O) groups excluding carboxylic acids is 2. The molecule has 2 atom stereocenters. The molecule has 0 N–H and O–H groups in total. The molecule has 1 heterocycles. The maximum absolute atomic E-state index is 11.8. The van der Waals surface area contributed by atoms with Crippen molar-refractivity contribution in [2.45, 2.75) is 40.0 Å². The minimum atomic E-state index is 0.0986. The largest absolute Gasteiger partial charge is 0.342 e. The van der Waals surface area contributed by atoms with Gasteiger partial charge in [0.05, 0.1) is 0 Å². The molecule has 0 aliphatic carbocycles. The standard InChI is InChI=1S/C12H21NO2/c1-9-6-10(2)8-13(7-9)12(15)5-4-11(3)14/h9-10H,4-8H2,1-3H3. The van der Waals surface area contributed by atoms with E-state index in [0.29, 0.717) is 24.7 Å². The van der Waals surface area contributed by atoms with Crippen molar-refractivity contribution in [3.05, 3.63) is 0 Å². The average molecular weight is 211 g/mol. The number of carbonyl (C=O) groups is 2. The van der Waals surface area contributed by atoms with Gasteiger partial charge in [0, 0.05) is 25.9 Å². The third kappa shape index (κ3) is 4.02. The SMILES string of the molecule is CC(=O)CCC(=O)N1CC(C)CC(C)C1. The third-order valence-electron chi connectivity index (χ3n) is 2.91. The number of amides is 1. The summed E-state index contributed by atoms with van der Waals surface area (Å²) in [7, 11) is 0. The molecule has 1 aliphatic heterocycles. The minimum Gasteiger partial charge on any atom is -0.342 e. The Bertz CT molecular complexity index is 240. The normalized spacial score (nSPS) is 26.5. The van der Waals surface area contributed by atoms with Gasteiger partial charge >= 0.3 is 0 Å². The first kappa shape index (κ1) is 12.2. The predicted molar refractivity (Wildman–Crippen MR) is 59.4 cm³/mol. The number of Topliss-reactive ketones (excluding diaryl/α,β-unsaturated/α-hetero) is 1. The molecule has 0 radical (unpaired) electrons. The third-order valence-corrected chi connectivity index (χ3v) is 2.91. The number of nitrogens with zero attached hydrogens (tertiary/aromatic N) is 1. The highest BCUT2D eigenvalue weighted by molar-refractivity contribution is 5.83.